The van der Waals surface area contributed by atoms with Crippen molar-refractivity contribution in [1.82, 2.24) is 15.3 Å². The van der Waals surface area contributed by atoms with Gasteiger partial charge in [-0.3, -0.25) is 0 Å². The third-order valence-electron chi connectivity index (χ3n) is 4.11. The average molecular weight is 291 g/mol. The van der Waals surface area contributed by atoms with E-state index in [9.17, 15) is 0 Å². The monoisotopic (exact) mass is 291 g/mol. The van der Waals surface area contributed by atoms with Crippen molar-refractivity contribution in [2.24, 2.45) is 0 Å². The Bertz CT molecular complexity index is 430. The number of aromatic nitrogens is 2. The van der Waals surface area contributed by atoms with Crippen LogP contribution in [-0.4, -0.2) is 23.1 Å². The van der Waals surface area contributed by atoms with Crippen molar-refractivity contribution < 1.29 is 4.74 Å². The van der Waals surface area contributed by atoms with E-state index in [1.165, 1.54) is 30.5 Å². The number of nitrogens with zero attached hydrogens (tertiary/aromatic N) is 2. The van der Waals surface area contributed by atoms with Crippen LogP contribution in [0.25, 0.3) is 0 Å². The summed E-state index contributed by atoms with van der Waals surface area (Å²) in [5.41, 5.74) is 2.52. The lowest BCUT2D eigenvalue weighted by Crippen LogP contribution is -2.22. The highest BCUT2D eigenvalue weighted by atomic mass is 16.5. The first-order valence-corrected chi connectivity index (χ1v) is 8.50. The van der Waals surface area contributed by atoms with Gasteiger partial charge in [0.15, 0.2) is 5.82 Å². The van der Waals surface area contributed by atoms with Crippen molar-refractivity contribution in [2.75, 3.05) is 13.2 Å². The molecule has 0 amide bonds. The van der Waals surface area contributed by atoms with Gasteiger partial charge < -0.3 is 10.1 Å². The van der Waals surface area contributed by atoms with Crippen molar-refractivity contribution in [3.05, 3.63) is 23.3 Å². The van der Waals surface area contributed by atoms with E-state index in [-0.39, 0.29) is 6.10 Å². The summed E-state index contributed by atoms with van der Waals surface area (Å²) in [6, 6.07) is 0.415. The van der Waals surface area contributed by atoms with Crippen molar-refractivity contribution in [3.63, 3.8) is 0 Å². The van der Waals surface area contributed by atoms with E-state index in [4.69, 9.17) is 9.72 Å². The molecule has 2 atom stereocenters. The van der Waals surface area contributed by atoms with E-state index in [0.29, 0.717) is 12.6 Å². The van der Waals surface area contributed by atoms with Crippen LogP contribution in [0.4, 0.5) is 0 Å². The number of ether oxygens (including phenoxy) is 1. The lowest BCUT2D eigenvalue weighted by molar-refractivity contribution is 0.0491. The average Bonchev–Trinajstić information content (AvgIpc) is 2.69. The summed E-state index contributed by atoms with van der Waals surface area (Å²) in [7, 11) is 0. The largest absolute Gasteiger partial charge is 0.371 e. The summed E-state index contributed by atoms with van der Waals surface area (Å²) in [5, 5.41) is 3.57. The Kier molecular flexibility index (Phi) is 6.58. The molecule has 1 aliphatic rings. The lowest BCUT2D eigenvalue weighted by Gasteiger charge is -2.20. The summed E-state index contributed by atoms with van der Waals surface area (Å²) < 4.78 is 5.82. The summed E-state index contributed by atoms with van der Waals surface area (Å²) in [5.74, 6) is 0.870. The maximum absolute atomic E-state index is 5.82. The Labute approximate surface area is 128 Å². The van der Waals surface area contributed by atoms with Gasteiger partial charge >= 0.3 is 0 Å². The fourth-order valence-electron chi connectivity index (χ4n) is 3.09. The number of rotatable bonds is 7. The third-order valence-corrected chi connectivity index (χ3v) is 4.11. The molecule has 0 spiro atoms. The zero-order chi connectivity index (χ0) is 15.1. The molecule has 4 nitrogen and oxygen atoms in total. The third kappa shape index (κ3) is 4.24. The van der Waals surface area contributed by atoms with Gasteiger partial charge in [0, 0.05) is 30.1 Å². The smallest absolute Gasteiger partial charge is 0.157 e. The molecule has 1 N–H and O–H groups in total. The van der Waals surface area contributed by atoms with Crippen LogP contribution in [0.2, 0.25) is 0 Å². The second-order valence-electron chi connectivity index (χ2n) is 5.72. The second-order valence-corrected chi connectivity index (χ2v) is 5.72. The molecule has 1 aliphatic carbocycles. The molecular weight excluding hydrogens is 262 g/mol. The molecule has 1 aromatic rings. The van der Waals surface area contributed by atoms with Gasteiger partial charge in [0.05, 0.1) is 0 Å². The molecule has 118 valence electrons. The molecule has 1 heterocycles. The molecule has 0 aliphatic heterocycles. The van der Waals surface area contributed by atoms with Gasteiger partial charge in [-0.05, 0) is 39.2 Å². The number of nitrogens with one attached hydrogen (secondary N) is 1. The van der Waals surface area contributed by atoms with Crippen LogP contribution >= 0.6 is 0 Å². The Balaban J connectivity index is 2.25. The zero-order valence-electron chi connectivity index (χ0n) is 13.7. The molecule has 2 rings (SSSR count). The van der Waals surface area contributed by atoms with Crippen LogP contribution in [0.1, 0.15) is 82.1 Å². The first kappa shape index (κ1) is 16.4. The van der Waals surface area contributed by atoms with Crippen molar-refractivity contribution >= 4 is 0 Å². The molecule has 21 heavy (non-hydrogen) atoms. The zero-order valence-corrected chi connectivity index (χ0v) is 13.7. The van der Waals surface area contributed by atoms with Crippen molar-refractivity contribution in [1.29, 1.82) is 0 Å². The number of hydrogen-bond donors (Lipinski definition) is 1. The molecule has 1 aromatic heterocycles. The lowest BCUT2D eigenvalue weighted by atomic mass is 10.0. The fourth-order valence-corrected chi connectivity index (χ4v) is 3.09. The van der Waals surface area contributed by atoms with E-state index >= 15 is 0 Å². The molecule has 0 aromatic carbocycles. The van der Waals surface area contributed by atoms with E-state index in [0.717, 1.165) is 31.6 Å². The Morgan fingerprint density at radius 1 is 1.33 bits per heavy atom. The summed E-state index contributed by atoms with van der Waals surface area (Å²) in [6.45, 7) is 8.07. The standard InChI is InChI=1S/C17H29N3O/c1-4-9-16(21-6-3)17-19-12-13-14(18-5-2)10-7-8-11-15(13)20-17/h12,14,16,18H,4-11H2,1-3H3. The molecule has 4 heteroatoms. The highest BCUT2D eigenvalue weighted by Gasteiger charge is 2.22. The predicted molar refractivity (Wildman–Crippen MR) is 85.3 cm³/mol. The van der Waals surface area contributed by atoms with Gasteiger partial charge in [-0.25, -0.2) is 9.97 Å². The SMILES string of the molecule is CCCC(OCC)c1ncc2c(n1)CCCCC2NCC. The van der Waals surface area contributed by atoms with Crippen LogP contribution in [0.15, 0.2) is 6.20 Å². The number of aryl methyl sites for hydroxylation is 1. The minimum absolute atomic E-state index is 0.0473. The Morgan fingerprint density at radius 2 is 2.19 bits per heavy atom. The van der Waals surface area contributed by atoms with Crippen LogP contribution in [0, 0.1) is 0 Å². The predicted octanol–water partition coefficient (Wildman–Crippen LogP) is 3.73. The summed E-state index contributed by atoms with van der Waals surface area (Å²) in [6.07, 6.45) is 8.90. The molecule has 0 radical (unpaired) electrons. The number of hydrogen-bond acceptors (Lipinski definition) is 4. The van der Waals surface area contributed by atoms with E-state index < -0.39 is 0 Å². The van der Waals surface area contributed by atoms with Gasteiger partial charge in [0.25, 0.3) is 0 Å². The van der Waals surface area contributed by atoms with Crippen molar-refractivity contribution in [2.45, 2.75) is 71.4 Å². The van der Waals surface area contributed by atoms with Gasteiger partial charge in [-0.15, -0.1) is 0 Å². The molecule has 2 unspecified atom stereocenters. The van der Waals surface area contributed by atoms with E-state index in [2.05, 4.69) is 24.1 Å². The Hall–Kier alpha value is -1.00. The quantitative estimate of drug-likeness (QED) is 0.778. The van der Waals surface area contributed by atoms with E-state index in [1.807, 2.05) is 13.1 Å². The molecule has 0 saturated heterocycles. The highest BCUT2D eigenvalue weighted by Crippen LogP contribution is 2.29. The molecular formula is C17H29N3O. The van der Waals surface area contributed by atoms with Gasteiger partial charge in [-0.1, -0.05) is 26.7 Å². The fraction of sp³-hybridized carbons (Fsp3) is 0.765. The maximum Gasteiger partial charge on any atom is 0.157 e. The Morgan fingerprint density at radius 3 is 2.90 bits per heavy atom. The van der Waals surface area contributed by atoms with Gasteiger partial charge in [0.2, 0.25) is 0 Å². The van der Waals surface area contributed by atoms with Gasteiger partial charge in [0.1, 0.15) is 6.10 Å². The minimum Gasteiger partial charge on any atom is -0.371 e. The van der Waals surface area contributed by atoms with Crippen LogP contribution in [0.5, 0.6) is 0 Å². The van der Waals surface area contributed by atoms with Gasteiger partial charge in [-0.2, -0.15) is 0 Å². The normalized spacial score (nSPS) is 19.9. The van der Waals surface area contributed by atoms with Crippen LogP contribution in [0.3, 0.4) is 0 Å². The van der Waals surface area contributed by atoms with Crippen LogP contribution in [-0.2, 0) is 11.2 Å². The first-order valence-electron chi connectivity index (χ1n) is 8.50. The highest BCUT2D eigenvalue weighted by molar-refractivity contribution is 5.24. The van der Waals surface area contributed by atoms with E-state index in [1.54, 1.807) is 0 Å². The molecule has 0 saturated carbocycles. The number of fused-ring (bicyclic) bond motifs is 1. The summed E-state index contributed by atoms with van der Waals surface area (Å²) >= 11 is 0. The molecule has 0 fully saturated rings. The summed E-state index contributed by atoms with van der Waals surface area (Å²) in [4.78, 5) is 9.49. The molecule has 0 bridgehead atoms. The minimum atomic E-state index is 0.0473. The second kappa shape index (κ2) is 8.44. The first-order chi connectivity index (χ1) is 10.3. The van der Waals surface area contributed by atoms with Crippen LogP contribution < -0.4 is 5.32 Å². The maximum atomic E-state index is 5.82. The topological polar surface area (TPSA) is 47.0 Å². The van der Waals surface area contributed by atoms with Crippen molar-refractivity contribution in [3.8, 4) is 0 Å².